The molecule has 1 N–H and O–H groups in total. The summed E-state index contributed by atoms with van der Waals surface area (Å²) in [4.78, 5) is 45.2. The number of hydrogen-bond donors (Lipinski definition) is 1. The number of pyridine rings is 3. The Morgan fingerprint density at radius 3 is 2.58 bits per heavy atom. The number of thiazole rings is 1. The molecule has 1 aliphatic rings. The highest BCUT2D eigenvalue weighted by Gasteiger charge is 2.30. The smallest absolute Gasteiger partial charge is 0.387 e. The monoisotopic (exact) mass is 606 g/mol. The molecule has 0 atom stereocenters. The molecule has 5 heterocycles. The predicted octanol–water partition coefficient (Wildman–Crippen LogP) is 5.63. The average Bonchev–Trinajstić information content (AvgIpc) is 3.47. The molecule has 4 aromatic heterocycles. The number of anilines is 1. The van der Waals surface area contributed by atoms with Crippen molar-refractivity contribution in [1.82, 2.24) is 24.8 Å². The van der Waals surface area contributed by atoms with Gasteiger partial charge in [0.2, 0.25) is 0 Å². The molecule has 5 rings (SSSR count). The minimum Gasteiger partial charge on any atom is -0.494 e. The minimum absolute atomic E-state index is 0.0991. The van der Waals surface area contributed by atoms with Gasteiger partial charge in [-0.25, -0.2) is 15.0 Å². The number of methoxy groups -OCH3 is 1. The van der Waals surface area contributed by atoms with Gasteiger partial charge in [0.05, 0.1) is 53.8 Å². The molecular weight excluding hydrogens is 589 g/mol. The van der Waals surface area contributed by atoms with E-state index in [1.165, 1.54) is 35.7 Å². The first kappa shape index (κ1) is 27.6. The molecule has 0 saturated carbocycles. The summed E-state index contributed by atoms with van der Waals surface area (Å²) < 4.78 is 34.5. The minimum atomic E-state index is -3.04. The third-order valence-corrected chi connectivity index (χ3v) is 7.33. The number of nitrogens with one attached hydrogen (secondary N) is 1. The van der Waals surface area contributed by atoms with E-state index in [0.29, 0.717) is 33.4 Å². The van der Waals surface area contributed by atoms with Crippen molar-refractivity contribution in [1.29, 1.82) is 0 Å². The van der Waals surface area contributed by atoms with Gasteiger partial charge in [0.15, 0.2) is 5.13 Å². The highest BCUT2D eigenvalue weighted by atomic mass is 35.5. The molecule has 0 unspecified atom stereocenters. The summed E-state index contributed by atoms with van der Waals surface area (Å²) in [5.74, 6) is -0.756. The topological polar surface area (TPSA) is 119 Å². The molecule has 0 bridgehead atoms. The Labute approximate surface area is 239 Å². The zero-order valence-corrected chi connectivity index (χ0v) is 23.1. The molecule has 4 aromatic rings. The fourth-order valence-corrected chi connectivity index (χ4v) is 5.43. The Bertz CT molecular complexity index is 1610. The number of rotatable bonds is 7. The first-order valence-corrected chi connectivity index (χ1v) is 13.1. The van der Waals surface area contributed by atoms with Crippen LogP contribution in [0.25, 0.3) is 11.1 Å². The van der Waals surface area contributed by atoms with Crippen molar-refractivity contribution in [2.24, 2.45) is 0 Å². The maximum Gasteiger partial charge on any atom is 0.387 e. The summed E-state index contributed by atoms with van der Waals surface area (Å²) in [7, 11) is 1.49. The summed E-state index contributed by atoms with van der Waals surface area (Å²) in [6.07, 6.45) is 3.94. The maximum absolute atomic E-state index is 13.3. The second kappa shape index (κ2) is 11.3. The quantitative estimate of drug-likeness (QED) is 0.269. The SMILES string of the molecule is COc1cnc(Cl)cc1-c1cc(C)ncc1C(=O)Nc1nc2c(s1)CN(C(=O)c1ncc(OC(F)F)cc1Cl)C2. The Hall–Kier alpha value is -3.94. The van der Waals surface area contributed by atoms with Crippen LogP contribution in [0.15, 0.2) is 36.8 Å². The molecule has 0 saturated heterocycles. The number of amides is 2. The summed E-state index contributed by atoms with van der Waals surface area (Å²) in [6, 6.07) is 4.46. The van der Waals surface area contributed by atoms with Crippen molar-refractivity contribution in [2.45, 2.75) is 26.6 Å². The number of aromatic nitrogens is 4. The summed E-state index contributed by atoms with van der Waals surface area (Å²) in [5.41, 5.74) is 2.60. The van der Waals surface area contributed by atoms with Gasteiger partial charge in [0, 0.05) is 29.1 Å². The molecular formula is C25H18Cl2F2N6O4S. The zero-order valence-electron chi connectivity index (χ0n) is 20.7. The third kappa shape index (κ3) is 5.67. The summed E-state index contributed by atoms with van der Waals surface area (Å²) in [5, 5.41) is 3.27. The summed E-state index contributed by atoms with van der Waals surface area (Å²) in [6.45, 7) is -0.884. The van der Waals surface area contributed by atoms with E-state index in [0.717, 1.165) is 17.1 Å². The van der Waals surface area contributed by atoms with Gasteiger partial charge in [0.25, 0.3) is 11.8 Å². The molecule has 0 aliphatic carbocycles. The van der Waals surface area contributed by atoms with Crippen LogP contribution in [0, 0.1) is 6.92 Å². The molecule has 1 aliphatic heterocycles. The molecule has 10 nitrogen and oxygen atoms in total. The molecule has 0 radical (unpaired) electrons. The number of alkyl halides is 2. The van der Waals surface area contributed by atoms with Crippen LogP contribution in [-0.4, -0.2) is 50.4 Å². The van der Waals surface area contributed by atoms with Crippen LogP contribution in [0.3, 0.4) is 0 Å². The average molecular weight is 607 g/mol. The van der Waals surface area contributed by atoms with Crippen molar-refractivity contribution in [3.8, 4) is 22.6 Å². The van der Waals surface area contributed by atoms with Gasteiger partial charge in [-0.05, 0) is 19.1 Å². The number of hydrogen-bond acceptors (Lipinski definition) is 9. The first-order chi connectivity index (χ1) is 19.1. The van der Waals surface area contributed by atoms with E-state index >= 15 is 0 Å². The fraction of sp³-hybridized carbons (Fsp3) is 0.200. The zero-order chi connectivity index (χ0) is 28.6. The normalized spacial score (nSPS) is 12.4. The molecule has 15 heteroatoms. The second-order valence-corrected chi connectivity index (χ2v) is 10.3. The Morgan fingerprint density at radius 2 is 1.88 bits per heavy atom. The molecule has 2 amide bonds. The number of aryl methyl sites for hydroxylation is 1. The Kier molecular flexibility index (Phi) is 7.79. The number of carbonyl (C=O) groups excluding carboxylic acids is 2. The molecule has 0 aromatic carbocycles. The van der Waals surface area contributed by atoms with Gasteiger partial charge in [-0.3, -0.25) is 19.9 Å². The summed E-state index contributed by atoms with van der Waals surface area (Å²) >= 11 is 13.4. The largest absolute Gasteiger partial charge is 0.494 e. The maximum atomic E-state index is 13.3. The lowest BCUT2D eigenvalue weighted by Crippen LogP contribution is -2.26. The molecule has 40 heavy (non-hydrogen) atoms. The highest BCUT2D eigenvalue weighted by molar-refractivity contribution is 7.16. The van der Waals surface area contributed by atoms with E-state index in [9.17, 15) is 18.4 Å². The van der Waals surface area contributed by atoms with Gasteiger partial charge < -0.3 is 14.4 Å². The van der Waals surface area contributed by atoms with E-state index in [4.69, 9.17) is 27.9 Å². The van der Waals surface area contributed by atoms with Gasteiger partial charge in [-0.2, -0.15) is 8.78 Å². The standard InChI is InChI=1S/C25H18Cl2F2N6O4S/c1-11-3-13(14-5-20(27)31-8-18(14)38-2)15(7-30-11)22(36)34-25-33-17-9-35(10-19(17)40-25)23(37)21-16(26)4-12(6-32-21)39-24(28)29/h3-8,24H,9-10H2,1-2H3,(H,33,34,36). The van der Waals surface area contributed by atoms with Gasteiger partial charge >= 0.3 is 6.61 Å². The van der Waals surface area contributed by atoms with Gasteiger partial charge in [0.1, 0.15) is 22.3 Å². The van der Waals surface area contributed by atoms with Gasteiger partial charge in [-0.1, -0.05) is 34.5 Å². The van der Waals surface area contributed by atoms with Crippen LogP contribution in [-0.2, 0) is 13.1 Å². The number of carbonyl (C=O) groups is 2. The lowest BCUT2D eigenvalue weighted by atomic mass is 10.0. The fourth-order valence-electron chi connectivity index (χ4n) is 4.05. The number of halogens is 4. The van der Waals surface area contributed by atoms with E-state index in [1.807, 2.05) is 0 Å². The number of nitrogens with zero attached hydrogens (tertiary/aromatic N) is 5. The number of fused-ring (bicyclic) bond motifs is 1. The van der Waals surface area contributed by atoms with Crippen LogP contribution in [0.1, 0.15) is 37.1 Å². The second-order valence-electron chi connectivity index (χ2n) is 8.46. The first-order valence-electron chi connectivity index (χ1n) is 11.5. The van der Waals surface area contributed by atoms with Crippen molar-refractivity contribution in [3.63, 3.8) is 0 Å². The molecule has 0 fully saturated rings. The molecule has 0 spiro atoms. The van der Waals surface area contributed by atoms with Crippen LogP contribution in [0.4, 0.5) is 13.9 Å². The van der Waals surface area contributed by atoms with E-state index in [2.05, 4.69) is 30.0 Å². The van der Waals surface area contributed by atoms with E-state index in [-0.39, 0.29) is 40.3 Å². The van der Waals surface area contributed by atoms with Crippen LogP contribution < -0.4 is 14.8 Å². The lowest BCUT2D eigenvalue weighted by Gasteiger charge is -2.16. The number of ether oxygens (including phenoxy) is 2. The van der Waals surface area contributed by atoms with Crippen LogP contribution >= 0.6 is 34.5 Å². The van der Waals surface area contributed by atoms with Gasteiger partial charge in [-0.15, -0.1) is 0 Å². The van der Waals surface area contributed by atoms with Crippen molar-refractivity contribution < 1.29 is 27.8 Å². The third-order valence-electron chi connectivity index (χ3n) is 5.83. The lowest BCUT2D eigenvalue weighted by molar-refractivity contribution is -0.0500. The predicted molar refractivity (Wildman–Crippen MR) is 143 cm³/mol. The Balaban J connectivity index is 1.32. The van der Waals surface area contributed by atoms with Crippen LogP contribution in [0.2, 0.25) is 10.2 Å². The van der Waals surface area contributed by atoms with Crippen molar-refractivity contribution in [2.75, 3.05) is 12.4 Å². The highest BCUT2D eigenvalue weighted by Crippen LogP contribution is 2.36. The van der Waals surface area contributed by atoms with E-state index < -0.39 is 18.4 Å². The van der Waals surface area contributed by atoms with Crippen molar-refractivity contribution >= 4 is 51.5 Å². The van der Waals surface area contributed by atoms with E-state index in [1.54, 1.807) is 19.1 Å². The molecule has 206 valence electrons. The Morgan fingerprint density at radius 1 is 1.07 bits per heavy atom. The van der Waals surface area contributed by atoms with Crippen molar-refractivity contribution in [3.05, 3.63) is 74.5 Å². The van der Waals surface area contributed by atoms with Crippen LogP contribution in [0.5, 0.6) is 11.5 Å².